The van der Waals surface area contributed by atoms with E-state index in [2.05, 4.69) is 15.0 Å². The first-order chi connectivity index (χ1) is 24.6. The van der Waals surface area contributed by atoms with Gasteiger partial charge in [-0.25, -0.2) is 22.4 Å². The van der Waals surface area contributed by atoms with Gasteiger partial charge in [-0.3, -0.25) is 24.0 Å². The van der Waals surface area contributed by atoms with E-state index in [0.717, 1.165) is 6.21 Å². The molecule has 1 aromatic rings. The van der Waals surface area contributed by atoms with Crippen LogP contribution in [-0.2, 0) is 51.7 Å². The van der Waals surface area contributed by atoms with Crippen LogP contribution >= 0.6 is 0 Å². The normalized spacial score (nSPS) is 28.8. The fourth-order valence-corrected chi connectivity index (χ4v) is 8.07. The Morgan fingerprint density at radius 2 is 1.90 bits per heavy atom. The van der Waals surface area contributed by atoms with Crippen molar-refractivity contribution < 1.29 is 51.0 Å². The summed E-state index contributed by atoms with van der Waals surface area (Å²) in [7, 11) is -3.94. The van der Waals surface area contributed by atoms with E-state index in [4.69, 9.17) is 14.2 Å². The number of benzene rings is 1. The van der Waals surface area contributed by atoms with Crippen molar-refractivity contribution in [1.29, 1.82) is 0 Å². The third-order valence-corrected chi connectivity index (χ3v) is 11.5. The summed E-state index contributed by atoms with van der Waals surface area (Å²) >= 11 is 0. The highest BCUT2D eigenvalue weighted by atomic mass is 32.2. The molecule has 2 N–H and O–H groups in total. The maximum atomic E-state index is 14.4. The van der Waals surface area contributed by atoms with Gasteiger partial charge in [-0.2, -0.15) is 4.99 Å². The van der Waals surface area contributed by atoms with Gasteiger partial charge in [-0.15, -0.1) is 0 Å². The Morgan fingerprint density at radius 1 is 1.13 bits per heavy atom. The van der Waals surface area contributed by atoms with Crippen LogP contribution in [0.1, 0.15) is 70.4 Å². The Morgan fingerprint density at radius 3 is 2.62 bits per heavy atom. The largest absolute Gasteiger partial charge is 0.444 e. The first-order valence-corrected chi connectivity index (χ1v) is 19.0. The molecule has 2 saturated carbocycles. The van der Waals surface area contributed by atoms with Crippen LogP contribution in [0.5, 0.6) is 0 Å². The second-order valence-electron chi connectivity index (χ2n) is 14.9. The van der Waals surface area contributed by atoms with Crippen molar-refractivity contribution in [3.63, 3.8) is 0 Å². The van der Waals surface area contributed by atoms with Crippen LogP contribution in [0.3, 0.4) is 0 Å². The summed E-state index contributed by atoms with van der Waals surface area (Å²) < 4.78 is 58.8. The summed E-state index contributed by atoms with van der Waals surface area (Å²) in [6.45, 7) is 5.27. The fourth-order valence-electron chi connectivity index (χ4n) is 6.71. The molecule has 0 aromatic heterocycles. The summed E-state index contributed by atoms with van der Waals surface area (Å²) in [5, 5.41) is 2.08. The number of amides is 5. The van der Waals surface area contributed by atoms with Crippen LogP contribution in [0.4, 0.5) is 14.0 Å². The average molecular weight is 746 g/mol. The number of nitrogens with one attached hydrogen (secondary N) is 2. The van der Waals surface area contributed by atoms with E-state index in [0.29, 0.717) is 30.4 Å². The molecule has 6 rings (SSSR count). The molecule has 15 nitrogen and oxygen atoms in total. The summed E-state index contributed by atoms with van der Waals surface area (Å²) in [6.07, 6.45) is 3.40. The molecule has 1 unspecified atom stereocenters. The van der Waals surface area contributed by atoms with Crippen LogP contribution in [0.2, 0.25) is 0 Å². The molecule has 3 fully saturated rings. The molecule has 1 saturated heterocycles. The van der Waals surface area contributed by atoms with Crippen LogP contribution in [-0.4, -0.2) is 103 Å². The molecule has 5 atom stereocenters. The SMILES string of the molecule is CC(C)(C)OC(=O)N=CC1CCOCC/C=C\[C@@H]2C[C@@]2(C(=O)NS(=O)(=O)C2CC2)NC(=O)[C@@H]2C[C@@H](OC(=O)N3Cc4cccc(F)c4C3)CN2C1=O. The Bertz CT molecular complexity index is 1790. The lowest BCUT2D eigenvalue weighted by molar-refractivity contribution is -0.141. The average Bonchev–Trinajstić information content (AvgIpc) is 3.95. The van der Waals surface area contributed by atoms with Gasteiger partial charge in [0.1, 0.15) is 29.1 Å². The van der Waals surface area contributed by atoms with Crippen molar-refractivity contribution in [2.75, 3.05) is 19.8 Å². The van der Waals surface area contributed by atoms with Crippen molar-refractivity contribution in [1.82, 2.24) is 19.8 Å². The lowest BCUT2D eigenvalue weighted by atomic mass is 10.0. The molecular formula is C35H44FN5O10S. The summed E-state index contributed by atoms with van der Waals surface area (Å²) in [6, 6.07) is 3.32. The molecule has 0 bridgehead atoms. The first-order valence-electron chi connectivity index (χ1n) is 17.5. The van der Waals surface area contributed by atoms with Gasteiger partial charge in [0, 0.05) is 37.3 Å². The second-order valence-corrected chi connectivity index (χ2v) is 16.9. The molecule has 5 amide bonds. The Hall–Kier alpha value is -4.38. The van der Waals surface area contributed by atoms with E-state index in [-0.39, 0.29) is 52.1 Å². The summed E-state index contributed by atoms with van der Waals surface area (Å²) in [4.78, 5) is 74.1. The molecule has 52 heavy (non-hydrogen) atoms. The molecule has 3 aliphatic heterocycles. The topological polar surface area (TPSA) is 190 Å². The number of carbonyl (C=O) groups excluding carboxylic acids is 5. The maximum absolute atomic E-state index is 14.4. The first kappa shape index (κ1) is 37.4. The van der Waals surface area contributed by atoms with E-state index < -0.39 is 86.1 Å². The van der Waals surface area contributed by atoms with Crippen molar-refractivity contribution in [3.8, 4) is 0 Å². The van der Waals surface area contributed by atoms with Gasteiger partial charge in [0.2, 0.25) is 21.8 Å². The number of nitrogens with zero attached hydrogens (tertiary/aromatic N) is 3. The van der Waals surface area contributed by atoms with Crippen molar-refractivity contribution in [2.45, 2.75) is 101 Å². The standard InChI is InChI=1S/C35H44FN5O10S/c1-34(2,3)51-32(45)37-17-21-12-14-49-13-5-4-8-23-16-35(23,31(44)39-52(47,48)25-10-11-25)38-29(42)28-15-24(19-41(28)30(21)43)50-33(46)40-18-22-7-6-9-27(36)26(22)20-40/h4,6-9,17,21,23-25,28H,5,10-16,18-20H2,1-3H3,(H,38,42)(H,39,44)/b8-4-,37-17?/t21?,23-,24-,28+,35-/m1/s1. The number of sulfonamides is 1. The van der Waals surface area contributed by atoms with E-state index in [9.17, 15) is 36.8 Å². The molecule has 0 radical (unpaired) electrons. The highest BCUT2D eigenvalue weighted by Gasteiger charge is 2.62. The molecular weight excluding hydrogens is 701 g/mol. The van der Waals surface area contributed by atoms with E-state index >= 15 is 0 Å². The van der Waals surface area contributed by atoms with Gasteiger partial charge >= 0.3 is 12.2 Å². The highest BCUT2D eigenvalue weighted by Crippen LogP contribution is 2.46. The zero-order valence-electron chi connectivity index (χ0n) is 29.3. The van der Waals surface area contributed by atoms with E-state index in [1.54, 1.807) is 45.1 Å². The van der Waals surface area contributed by atoms with E-state index in [1.807, 2.05) is 0 Å². The van der Waals surface area contributed by atoms with Crippen LogP contribution < -0.4 is 10.0 Å². The second kappa shape index (κ2) is 14.6. The molecule has 1 aromatic carbocycles. The number of hydrogen-bond donors (Lipinski definition) is 2. The summed E-state index contributed by atoms with van der Waals surface area (Å²) in [5.74, 6) is -4.25. The van der Waals surface area contributed by atoms with Crippen LogP contribution in [0, 0.1) is 17.7 Å². The number of halogens is 1. The molecule has 3 heterocycles. The quantitative estimate of drug-likeness (QED) is 0.335. The number of fused-ring (bicyclic) bond motifs is 3. The molecule has 17 heteroatoms. The minimum atomic E-state index is -3.94. The number of ether oxygens (including phenoxy) is 3. The minimum Gasteiger partial charge on any atom is -0.444 e. The predicted molar refractivity (Wildman–Crippen MR) is 183 cm³/mol. The monoisotopic (exact) mass is 745 g/mol. The molecule has 5 aliphatic rings. The van der Waals surface area contributed by atoms with Crippen LogP contribution in [0.15, 0.2) is 35.3 Å². The molecule has 2 aliphatic carbocycles. The van der Waals surface area contributed by atoms with E-state index in [1.165, 1.54) is 15.9 Å². The van der Waals surface area contributed by atoms with Crippen LogP contribution in [0.25, 0.3) is 0 Å². The number of carbonyl (C=O) groups is 5. The van der Waals surface area contributed by atoms with Crippen molar-refractivity contribution in [2.24, 2.45) is 16.8 Å². The molecule has 282 valence electrons. The van der Waals surface area contributed by atoms with Gasteiger partial charge < -0.3 is 24.4 Å². The highest BCUT2D eigenvalue weighted by molar-refractivity contribution is 7.91. The minimum absolute atomic E-state index is 0.0143. The lowest BCUT2D eigenvalue weighted by Gasteiger charge is -2.28. The van der Waals surface area contributed by atoms with Gasteiger partial charge in [0.15, 0.2) is 0 Å². The third kappa shape index (κ3) is 8.46. The number of hydrogen-bond acceptors (Lipinski definition) is 10. The lowest BCUT2D eigenvalue weighted by Crippen LogP contribution is -2.57. The maximum Gasteiger partial charge on any atom is 0.433 e. The number of rotatable bonds is 5. The van der Waals surface area contributed by atoms with Crippen molar-refractivity contribution in [3.05, 3.63) is 47.3 Å². The third-order valence-electron chi connectivity index (χ3n) is 9.71. The Kier molecular flexibility index (Phi) is 10.5. The van der Waals surface area contributed by atoms with Gasteiger partial charge in [0.05, 0.1) is 30.9 Å². The smallest absolute Gasteiger partial charge is 0.433 e. The van der Waals surface area contributed by atoms with Gasteiger partial charge in [-0.1, -0.05) is 24.3 Å². The Balaban J connectivity index is 1.25. The zero-order valence-corrected chi connectivity index (χ0v) is 30.2. The fraction of sp³-hybridized carbons (Fsp3) is 0.600. The number of aliphatic imine (C=N–C) groups is 1. The summed E-state index contributed by atoms with van der Waals surface area (Å²) in [5.41, 5.74) is -1.42. The Labute approximate surface area is 301 Å². The van der Waals surface area contributed by atoms with Gasteiger partial charge in [0.25, 0.3) is 5.91 Å². The predicted octanol–water partition coefficient (Wildman–Crippen LogP) is 2.72. The van der Waals surface area contributed by atoms with Crippen molar-refractivity contribution >= 4 is 46.1 Å². The zero-order chi connectivity index (χ0) is 37.4. The molecule has 0 spiro atoms. The van der Waals surface area contributed by atoms with Gasteiger partial charge in [-0.05, 0) is 64.5 Å².